The van der Waals surface area contributed by atoms with Crippen LogP contribution in [0.5, 0.6) is 0 Å². The van der Waals surface area contributed by atoms with Crippen LogP contribution >= 0.6 is 11.8 Å². The van der Waals surface area contributed by atoms with E-state index in [9.17, 15) is 4.39 Å². The Bertz CT molecular complexity index is 393. The fourth-order valence-corrected chi connectivity index (χ4v) is 2.63. The van der Waals surface area contributed by atoms with Crippen molar-refractivity contribution in [2.75, 3.05) is 24.2 Å². The van der Waals surface area contributed by atoms with Crippen molar-refractivity contribution in [3.8, 4) is 0 Å². The molecule has 0 saturated carbocycles. The van der Waals surface area contributed by atoms with E-state index < -0.39 is 0 Å². The lowest BCUT2D eigenvalue weighted by Gasteiger charge is -2.22. The van der Waals surface area contributed by atoms with Gasteiger partial charge in [0, 0.05) is 29.7 Å². The summed E-state index contributed by atoms with van der Waals surface area (Å²) < 4.78 is 13.6. The average molecular weight is 240 g/mol. The summed E-state index contributed by atoms with van der Waals surface area (Å²) in [5.41, 5.74) is 8.07. The molecule has 0 aromatic heterocycles. The van der Waals surface area contributed by atoms with Crippen molar-refractivity contribution in [3.05, 3.63) is 23.5 Å². The normalized spacial score (nSPS) is 16.4. The van der Waals surface area contributed by atoms with Gasteiger partial charge in [-0.1, -0.05) is 0 Å². The molecule has 0 spiro atoms. The molecule has 1 aromatic carbocycles. The molecule has 0 aliphatic carbocycles. The monoisotopic (exact) mass is 240 g/mol. The Hall–Kier alpha value is -0.740. The number of nitrogens with zero attached hydrogens (tertiary/aromatic N) is 1. The van der Waals surface area contributed by atoms with Crippen LogP contribution in [-0.4, -0.2) is 25.4 Å². The number of benzene rings is 1. The summed E-state index contributed by atoms with van der Waals surface area (Å²) >= 11 is 1.45. The van der Waals surface area contributed by atoms with Gasteiger partial charge in [-0.15, -0.1) is 11.8 Å². The molecule has 0 saturated heterocycles. The van der Waals surface area contributed by atoms with Gasteiger partial charge in [-0.3, -0.25) is 0 Å². The molecule has 1 aliphatic heterocycles. The molecule has 88 valence electrons. The van der Waals surface area contributed by atoms with Crippen molar-refractivity contribution < 1.29 is 4.39 Å². The Morgan fingerprint density at radius 3 is 2.94 bits per heavy atom. The maximum absolute atomic E-state index is 13.6. The minimum atomic E-state index is -0.103. The highest BCUT2D eigenvalue weighted by Crippen LogP contribution is 2.33. The molecule has 2 N–H and O–H groups in total. The number of fused-ring (bicyclic) bond motifs is 1. The summed E-state index contributed by atoms with van der Waals surface area (Å²) in [6, 6.07) is 3.77. The third-order valence-electron chi connectivity index (χ3n) is 2.85. The highest BCUT2D eigenvalue weighted by Gasteiger charge is 2.21. The quantitative estimate of drug-likeness (QED) is 0.822. The van der Waals surface area contributed by atoms with Gasteiger partial charge in [0.05, 0.1) is 0 Å². The molecule has 4 heteroatoms. The van der Waals surface area contributed by atoms with Gasteiger partial charge in [-0.25, -0.2) is 4.39 Å². The zero-order chi connectivity index (χ0) is 11.7. The van der Waals surface area contributed by atoms with Crippen molar-refractivity contribution in [2.45, 2.75) is 24.3 Å². The van der Waals surface area contributed by atoms with Crippen LogP contribution in [0.4, 0.5) is 10.1 Å². The average Bonchev–Trinajstić information content (AvgIpc) is 2.59. The van der Waals surface area contributed by atoms with E-state index in [2.05, 4.69) is 4.90 Å². The number of hydrogen-bond acceptors (Lipinski definition) is 3. The van der Waals surface area contributed by atoms with E-state index in [0.29, 0.717) is 0 Å². The summed E-state index contributed by atoms with van der Waals surface area (Å²) in [6.45, 7) is 3.79. The predicted octanol–water partition coefficient (Wildman–Crippen LogP) is 2.26. The topological polar surface area (TPSA) is 29.3 Å². The van der Waals surface area contributed by atoms with Crippen LogP contribution in [0.15, 0.2) is 17.0 Å². The fraction of sp³-hybridized carbons (Fsp3) is 0.500. The Morgan fingerprint density at radius 2 is 2.31 bits per heavy atom. The zero-order valence-corrected chi connectivity index (χ0v) is 10.5. The summed E-state index contributed by atoms with van der Waals surface area (Å²) in [5.74, 6) is -0.103. The lowest BCUT2D eigenvalue weighted by atomic mass is 10.1. The van der Waals surface area contributed by atoms with Gasteiger partial charge in [-0.2, -0.15) is 0 Å². The van der Waals surface area contributed by atoms with Crippen molar-refractivity contribution in [1.82, 2.24) is 0 Å². The molecular formula is C12H17FN2S. The number of anilines is 1. The highest BCUT2D eigenvalue weighted by molar-refractivity contribution is 7.98. The van der Waals surface area contributed by atoms with Gasteiger partial charge in [0.25, 0.3) is 0 Å². The summed E-state index contributed by atoms with van der Waals surface area (Å²) in [5, 5.41) is 0. The van der Waals surface area contributed by atoms with Crippen LogP contribution in [0, 0.1) is 5.82 Å². The van der Waals surface area contributed by atoms with Crippen molar-refractivity contribution in [3.63, 3.8) is 0 Å². The van der Waals surface area contributed by atoms with E-state index in [1.165, 1.54) is 11.8 Å². The first-order chi connectivity index (χ1) is 7.61. The molecule has 1 aromatic rings. The van der Waals surface area contributed by atoms with E-state index in [4.69, 9.17) is 5.73 Å². The van der Waals surface area contributed by atoms with Crippen LogP contribution in [0.25, 0.3) is 0 Å². The molecule has 0 amide bonds. The lowest BCUT2D eigenvalue weighted by Crippen LogP contribution is -2.34. The predicted molar refractivity (Wildman–Crippen MR) is 67.7 cm³/mol. The van der Waals surface area contributed by atoms with Crippen LogP contribution in [0.2, 0.25) is 0 Å². The Morgan fingerprint density at radius 1 is 1.56 bits per heavy atom. The maximum atomic E-state index is 13.6. The second-order valence-corrected chi connectivity index (χ2v) is 5.14. The number of rotatable bonds is 3. The number of thioether (sulfide) groups is 1. The SMILES string of the molecule is CSc1cc2c(cc1F)CCN2CC(C)N. The van der Waals surface area contributed by atoms with Crippen molar-refractivity contribution in [2.24, 2.45) is 5.73 Å². The third-order valence-corrected chi connectivity index (χ3v) is 3.61. The molecule has 1 unspecified atom stereocenters. The van der Waals surface area contributed by atoms with Gasteiger partial charge >= 0.3 is 0 Å². The molecule has 1 aliphatic rings. The lowest BCUT2D eigenvalue weighted by molar-refractivity contribution is 0.601. The second-order valence-electron chi connectivity index (χ2n) is 4.29. The van der Waals surface area contributed by atoms with E-state index in [1.807, 2.05) is 19.2 Å². The maximum Gasteiger partial charge on any atom is 0.137 e. The van der Waals surface area contributed by atoms with Crippen LogP contribution in [0.1, 0.15) is 12.5 Å². The molecule has 0 bridgehead atoms. The van der Waals surface area contributed by atoms with Gasteiger partial charge in [-0.05, 0) is 37.3 Å². The Labute approximate surface area is 100 Å². The summed E-state index contributed by atoms with van der Waals surface area (Å²) in [6.07, 6.45) is 2.82. The van der Waals surface area contributed by atoms with Gasteiger partial charge in [0.1, 0.15) is 5.82 Å². The molecular weight excluding hydrogens is 223 g/mol. The Balaban J connectivity index is 2.31. The fourth-order valence-electron chi connectivity index (χ4n) is 2.15. The first-order valence-corrected chi connectivity index (χ1v) is 6.71. The first-order valence-electron chi connectivity index (χ1n) is 5.48. The molecule has 0 radical (unpaired) electrons. The molecule has 16 heavy (non-hydrogen) atoms. The Kier molecular flexibility index (Phi) is 3.40. The number of halogens is 1. The minimum Gasteiger partial charge on any atom is -0.369 e. The smallest absolute Gasteiger partial charge is 0.137 e. The minimum absolute atomic E-state index is 0.103. The van der Waals surface area contributed by atoms with Gasteiger partial charge in [0.2, 0.25) is 0 Å². The highest BCUT2D eigenvalue weighted by atomic mass is 32.2. The van der Waals surface area contributed by atoms with E-state index in [-0.39, 0.29) is 11.9 Å². The number of nitrogens with two attached hydrogens (primary N) is 1. The number of hydrogen-bond donors (Lipinski definition) is 1. The van der Waals surface area contributed by atoms with E-state index in [1.54, 1.807) is 6.07 Å². The molecule has 1 atom stereocenters. The van der Waals surface area contributed by atoms with Crippen molar-refractivity contribution >= 4 is 17.4 Å². The van der Waals surface area contributed by atoms with Crippen LogP contribution in [-0.2, 0) is 6.42 Å². The van der Waals surface area contributed by atoms with Gasteiger partial charge < -0.3 is 10.6 Å². The van der Waals surface area contributed by atoms with Crippen LogP contribution < -0.4 is 10.6 Å². The van der Waals surface area contributed by atoms with E-state index in [0.717, 1.165) is 35.7 Å². The van der Waals surface area contributed by atoms with Crippen molar-refractivity contribution in [1.29, 1.82) is 0 Å². The summed E-state index contributed by atoms with van der Waals surface area (Å²) in [7, 11) is 0. The third kappa shape index (κ3) is 2.18. The molecule has 2 rings (SSSR count). The molecule has 2 nitrogen and oxygen atoms in total. The largest absolute Gasteiger partial charge is 0.369 e. The standard InChI is InChI=1S/C12H17FN2S/c1-8(14)7-15-4-3-9-5-10(13)12(16-2)6-11(9)15/h5-6,8H,3-4,7,14H2,1-2H3. The van der Waals surface area contributed by atoms with E-state index >= 15 is 0 Å². The van der Waals surface area contributed by atoms with Gasteiger partial charge in [0.15, 0.2) is 0 Å². The molecule has 1 heterocycles. The van der Waals surface area contributed by atoms with Crippen LogP contribution in [0.3, 0.4) is 0 Å². The first kappa shape index (κ1) is 11.7. The molecule has 0 fully saturated rings. The summed E-state index contributed by atoms with van der Waals surface area (Å²) in [4.78, 5) is 2.97. The zero-order valence-electron chi connectivity index (χ0n) is 9.66. The second kappa shape index (κ2) is 4.63.